The van der Waals surface area contributed by atoms with Crippen molar-refractivity contribution in [2.45, 2.75) is 38.7 Å². The molecule has 0 aliphatic heterocycles. The van der Waals surface area contributed by atoms with Crippen LogP contribution in [0.25, 0.3) is 10.8 Å². The first-order chi connectivity index (χ1) is 9.44. The molecule has 0 saturated heterocycles. The van der Waals surface area contributed by atoms with Crippen LogP contribution in [0.5, 0.6) is 0 Å². The van der Waals surface area contributed by atoms with Crippen LogP contribution >= 0.6 is 0 Å². The Hall–Kier alpha value is -1.90. The molecule has 1 aliphatic carbocycles. The number of fused-ring (bicyclic) bond motifs is 1. The van der Waals surface area contributed by atoms with Crippen molar-refractivity contribution in [1.29, 1.82) is 0 Å². The van der Waals surface area contributed by atoms with Crippen LogP contribution in [0.3, 0.4) is 0 Å². The monoisotopic (exact) mass is 269 g/mol. The number of benzene rings is 1. The first-order valence-corrected chi connectivity index (χ1v) is 7.00. The minimum absolute atomic E-state index is 0.0218. The maximum Gasteiger partial charge on any atom is 0.310 e. The average molecular weight is 269 g/mol. The lowest BCUT2D eigenvalue weighted by Gasteiger charge is -2.19. The Balaban J connectivity index is 1.76. The first-order valence-electron chi connectivity index (χ1n) is 7.00. The molecule has 3 nitrogen and oxygen atoms in total. The van der Waals surface area contributed by atoms with E-state index in [0.717, 1.165) is 11.8 Å². The number of carbonyl (C=O) groups excluding carboxylic acids is 1. The van der Waals surface area contributed by atoms with Gasteiger partial charge in [-0.15, -0.1) is 0 Å². The molecule has 1 aliphatic rings. The van der Waals surface area contributed by atoms with E-state index < -0.39 is 5.60 Å². The minimum Gasteiger partial charge on any atom is -0.460 e. The topological polar surface area (TPSA) is 39.2 Å². The molecule has 1 heterocycles. The van der Waals surface area contributed by atoms with E-state index in [1.807, 2.05) is 33.0 Å². The van der Waals surface area contributed by atoms with E-state index in [4.69, 9.17) is 4.74 Å². The van der Waals surface area contributed by atoms with Gasteiger partial charge in [0.15, 0.2) is 0 Å². The molecule has 1 aromatic carbocycles. The summed E-state index contributed by atoms with van der Waals surface area (Å²) in [5.41, 5.74) is 0.818. The maximum atomic E-state index is 12.0. The van der Waals surface area contributed by atoms with Crippen LogP contribution in [0.2, 0.25) is 0 Å². The fourth-order valence-corrected chi connectivity index (χ4v) is 2.53. The second kappa shape index (κ2) is 4.58. The summed E-state index contributed by atoms with van der Waals surface area (Å²) in [5.74, 6) is 0.258. The number of ether oxygens (including phenoxy) is 1. The van der Waals surface area contributed by atoms with Crippen molar-refractivity contribution < 1.29 is 9.53 Å². The van der Waals surface area contributed by atoms with E-state index in [9.17, 15) is 4.79 Å². The number of esters is 1. The van der Waals surface area contributed by atoms with Crippen LogP contribution in [0.15, 0.2) is 36.7 Å². The summed E-state index contributed by atoms with van der Waals surface area (Å²) >= 11 is 0. The molecule has 3 rings (SSSR count). The third kappa shape index (κ3) is 2.67. The third-order valence-corrected chi connectivity index (χ3v) is 3.59. The van der Waals surface area contributed by atoms with Gasteiger partial charge >= 0.3 is 5.97 Å². The molecule has 0 spiro atoms. The molecule has 0 N–H and O–H groups in total. The summed E-state index contributed by atoms with van der Waals surface area (Å²) in [4.78, 5) is 16.1. The molecular weight excluding hydrogens is 250 g/mol. The lowest BCUT2D eigenvalue weighted by atomic mass is 10.0. The molecule has 20 heavy (non-hydrogen) atoms. The number of hydrogen-bond donors (Lipinski definition) is 0. The van der Waals surface area contributed by atoms with Crippen LogP contribution in [0.1, 0.15) is 38.7 Å². The largest absolute Gasteiger partial charge is 0.460 e. The summed E-state index contributed by atoms with van der Waals surface area (Å²) in [6.45, 7) is 5.72. The van der Waals surface area contributed by atoms with Crippen LogP contribution in [0.4, 0.5) is 0 Å². The number of hydrogen-bond acceptors (Lipinski definition) is 3. The van der Waals surface area contributed by atoms with E-state index >= 15 is 0 Å². The van der Waals surface area contributed by atoms with Gasteiger partial charge in [-0.3, -0.25) is 9.78 Å². The summed E-state index contributed by atoms with van der Waals surface area (Å²) in [7, 11) is 0. The fraction of sp³-hybridized carbons (Fsp3) is 0.412. The zero-order chi connectivity index (χ0) is 14.3. The predicted octanol–water partition coefficient (Wildman–Crippen LogP) is 3.68. The molecule has 0 bridgehead atoms. The lowest BCUT2D eigenvalue weighted by Crippen LogP contribution is -2.25. The highest BCUT2D eigenvalue weighted by Gasteiger charge is 2.46. The summed E-state index contributed by atoms with van der Waals surface area (Å²) in [6, 6.07) is 8.33. The van der Waals surface area contributed by atoms with E-state index in [-0.39, 0.29) is 11.9 Å². The minimum atomic E-state index is -0.403. The van der Waals surface area contributed by atoms with E-state index in [2.05, 4.69) is 23.2 Å². The molecule has 3 heteroatoms. The second-order valence-electron chi connectivity index (χ2n) is 6.46. The van der Waals surface area contributed by atoms with E-state index in [0.29, 0.717) is 5.92 Å². The van der Waals surface area contributed by atoms with Crippen molar-refractivity contribution >= 4 is 16.7 Å². The standard InChI is InChI=1S/C17H19NO2/c1-17(2,3)20-16(19)15-9-14(15)12-4-5-13-10-18-7-6-11(13)8-12/h4-8,10,14-15H,9H2,1-3H3. The van der Waals surface area contributed by atoms with Gasteiger partial charge in [0, 0.05) is 17.8 Å². The molecule has 0 amide bonds. The van der Waals surface area contributed by atoms with Gasteiger partial charge in [-0.25, -0.2) is 0 Å². The molecule has 1 aromatic heterocycles. The average Bonchev–Trinajstić information content (AvgIpc) is 3.16. The Morgan fingerprint density at radius 1 is 1.25 bits per heavy atom. The zero-order valence-electron chi connectivity index (χ0n) is 12.1. The van der Waals surface area contributed by atoms with Crippen LogP contribution in [0, 0.1) is 5.92 Å². The van der Waals surface area contributed by atoms with E-state index in [1.54, 1.807) is 6.20 Å². The van der Waals surface area contributed by atoms with Crippen molar-refractivity contribution in [3.8, 4) is 0 Å². The zero-order valence-corrected chi connectivity index (χ0v) is 12.1. The molecule has 2 atom stereocenters. The molecular formula is C17H19NO2. The SMILES string of the molecule is CC(C)(C)OC(=O)C1CC1c1ccc2cnccc2c1. The van der Waals surface area contributed by atoms with Crippen LogP contribution in [-0.2, 0) is 9.53 Å². The van der Waals surface area contributed by atoms with Gasteiger partial charge < -0.3 is 4.74 Å². The van der Waals surface area contributed by atoms with Gasteiger partial charge in [-0.2, -0.15) is 0 Å². The van der Waals surface area contributed by atoms with Gasteiger partial charge in [0.05, 0.1) is 5.92 Å². The maximum absolute atomic E-state index is 12.0. The lowest BCUT2D eigenvalue weighted by molar-refractivity contribution is -0.156. The van der Waals surface area contributed by atoms with Gasteiger partial charge in [0.2, 0.25) is 0 Å². The second-order valence-corrected chi connectivity index (χ2v) is 6.46. The molecule has 104 valence electrons. The van der Waals surface area contributed by atoms with Gasteiger partial charge in [-0.1, -0.05) is 18.2 Å². The van der Waals surface area contributed by atoms with Gasteiger partial charge in [0.1, 0.15) is 5.60 Å². The predicted molar refractivity (Wildman–Crippen MR) is 78.4 cm³/mol. The molecule has 1 fully saturated rings. The fourth-order valence-electron chi connectivity index (χ4n) is 2.53. The molecule has 2 aromatic rings. The highest BCUT2D eigenvalue weighted by Crippen LogP contribution is 2.49. The molecule has 2 unspecified atom stereocenters. The molecule has 0 radical (unpaired) electrons. The van der Waals surface area contributed by atoms with Crippen molar-refractivity contribution in [2.75, 3.05) is 0 Å². The van der Waals surface area contributed by atoms with E-state index in [1.165, 1.54) is 10.9 Å². The Kier molecular flexibility index (Phi) is 3.00. The Bertz CT molecular complexity index is 657. The highest BCUT2D eigenvalue weighted by molar-refractivity contribution is 5.83. The normalized spacial score (nSPS) is 21.8. The van der Waals surface area contributed by atoms with Crippen LogP contribution in [-0.4, -0.2) is 16.6 Å². The van der Waals surface area contributed by atoms with Crippen molar-refractivity contribution in [2.24, 2.45) is 5.92 Å². The Morgan fingerprint density at radius 2 is 2.05 bits per heavy atom. The van der Waals surface area contributed by atoms with Crippen molar-refractivity contribution in [3.63, 3.8) is 0 Å². The van der Waals surface area contributed by atoms with Gasteiger partial charge in [0.25, 0.3) is 0 Å². The quantitative estimate of drug-likeness (QED) is 0.781. The summed E-state index contributed by atoms with van der Waals surface area (Å²) in [5, 5.41) is 2.30. The van der Waals surface area contributed by atoms with Crippen molar-refractivity contribution in [3.05, 3.63) is 42.2 Å². The Morgan fingerprint density at radius 3 is 2.80 bits per heavy atom. The smallest absolute Gasteiger partial charge is 0.310 e. The molecule has 1 saturated carbocycles. The number of pyridine rings is 1. The Labute approximate surface area is 119 Å². The number of aromatic nitrogens is 1. The number of carbonyl (C=O) groups is 1. The highest BCUT2D eigenvalue weighted by atomic mass is 16.6. The first kappa shape index (κ1) is 13.1. The number of nitrogens with zero attached hydrogens (tertiary/aromatic N) is 1. The van der Waals surface area contributed by atoms with Crippen molar-refractivity contribution in [1.82, 2.24) is 4.98 Å². The van der Waals surface area contributed by atoms with Gasteiger partial charge in [-0.05, 0) is 50.1 Å². The van der Waals surface area contributed by atoms with Crippen LogP contribution < -0.4 is 0 Å². The summed E-state index contributed by atoms with van der Waals surface area (Å²) < 4.78 is 5.45. The number of rotatable bonds is 2. The summed E-state index contributed by atoms with van der Waals surface area (Å²) in [6.07, 6.45) is 4.55. The third-order valence-electron chi connectivity index (χ3n) is 3.59.